The third-order valence-electron chi connectivity index (χ3n) is 7.34. The summed E-state index contributed by atoms with van der Waals surface area (Å²) in [7, 11) is -3.69. The van der Waals surface area contributed by atoms with Gasteiger partial charge in [-0.2, -0.15) is 4.31 Å². The Kier molecular flexibility index (Phi) is 7.80. The smallest absolute Gasteiger partial charge is 0.310 e. The number of esters is 1. The van der Waals surface area contributed by atoms with Crippen molar-refractivity contribution in [1.29, 1.82) is 0 Å². The average molecular weight is 506 g/mol. The number of fused-ring (bicyclic) bond motifs is 1. The third kappa shape index (κ3) is 5.38. The van der Waals surface area contributed by atoms with Crippen molar-refractivity contribution in [3.63, 3.8) is 0 Å². The molecule has 4 rings (SSSR count). The largest absolute Gasteiger partial charge is 0.466 e. The molecular weight excluding hydrogens is 470 g/mol. The number of anilines is 1. The van der Waals surface area contributed by atoms with Gasteiger partial charge in [-0.25, -0.2) is 8.42 Å². The first kappa shape index (κ1) is 25.6. The van der Waals surface area contributed by atoms with Crippen molar-refractivity contribution >= 4 is 33.5 Å². The summed E-state index contributed by atoms with van der Waals surface area (Å²) in [5.74, 6) is -0.807. The van der Waals surface area contributed by atoms with Crippen LogP contribution in [0.15, 0.2) is 23.1 Å². The number of amides is 2. The highest BCUT2D eigenvalue weighted by Gasteiger charge is 2.37. The topological polar surface area (TPSA) is 104 Å². The van der Waals surface area contributed by atoms with E-state index in [1.807, 2.05) is 0 Å². The van der Waals surface area contributed by atoms with Crippen LogP contribution in [0.1, 0.15) is 51.5 Å². The summed E-state index contributed by atoms with van der Waals surface area (Å²) < 4.78 is 33.3. The predicted octanol–water partition coefficient (Wildman–Crippen LogP) is 2.19. The molecule has 2 fully saturated rings. The molecule has 192 valence electrons. The van der Waals surface area contributed by atoms with Crippen LogP contribution in [-0.4, -0.2) is 74.7 Å². The first-order chi connectivity index (χ1) is 16.7. The Hall–Kier alpha value is -2.46. The highest BCUT2D eigenvalue weighted by molar-refractivity contribution is 7.89. The van der Waals surface area contributed by atoms with E-state index >= 15 is 0 Å². The Morgan fingerprint density at radius 1 is 1.00 bits per heavy atom. The Balaban J connectivity index is 1.39. The Labute approximate surface area is 207 Å². The molecule has 2 saturated heterocycles. The minimum atomic E-state index is -3.69. The second-order valence-electron chi connectivity index (χ2n) is 9.62. The van der Waals surface area contributed by atoms with Crippen LogP contribution in [0.2, 0.25) is 0 Å². The number of hydrogen-bond acceptors (Lipinski definition) is 6. The summed E-state index contributed by atoms with van der Waals surface area (Å²) in [6.07, 6.45) is 3.95. The number of aryl methyl sites for hydroxylation is 1. The zero-order chi connectivity index (χ0) is 25.2. The zero-order valence-corrected chi connectivity index (χ0v) is 21.4. The van der Waals surface area contributed by atoms with Gasteiger partial charge in [-0.1, -0.05) is 0 Å². The summed E-state index contributed by atoms with van der Waals surface area (Å²) in [5.41, 5.74) is 1.66. The first-order valence-corrected chi connectivity index (χ1v) is 14.0. The standard InChI is InChI=1S/C25H35N3O6S/c1-3-34-25(31)21-7-4-12-26(17-21)24(30)19-10-14-27(15-11-19)35(32,33)22-8-9-23-20(16-22)6-5-13-28(23)18(2)29/h8-9,16,19,21H,3-7,10-15,17H2,1-2H3/t21-/m0/s1. The molecule has 0 aliphatic carbocycles. The van der Waals surface area contributed by atoms with Crippen LogP contribution in [0, 0.1) is 11.8 Å². The van der Waals surface area contributed by atoms with Crippen molar-refractivity contribution in [2.45, 2.75) is 57.3 Å². The lowest BCUT2D eigenvalue weighted by Gasteiger charge is -2.37. The van der Waals surface area contributed by atoms with E-state index in [4.69, 9.17) is 4.74 Å². The van der Waals surface area contributed by atoms with Crippen LogP contribution in [0.5, 0.6) is 0 Å². The van der Waals surface area contributed by atoms with Gasteiger partial charge in [-0.15, -0.1) is 0 Å². The number of carbonyl (C=O) groups is 3. The van der Waals surface area contributed by atoms with E-state index in [1.165, 1.54) is 11.2 Å². The molecule has 9 nitrogen and oxygen atoms in total. The molecule has 0 saturated carbocycles. The van der Waals surface area contributed by atoms with Crippen LogP contribution in [0.25, 0.3) is 0 Å². The summed E-state index contributed by atoms with van der Waals surface area (Å²) in [5, 5.41) is 0. The molecular formula is C25H35N3O6S. The maximum absolute atomic E-state index is 13.3. The van der Waals surface area contributed by atoms with Crippen LogP contribution in [0.3, 0.4) is 0 Å². The lowest BCUT2D eigenvalue weighted by molar-refractivity contribution is -0.152. The predicted molar refractivity (Wildman–Crippen MR) is 130 cm³/mol. The van der Waals surface area contributed by atoms with Crippen molar-refractivity contribution < 1.29 is 27.5 Å². The number of piperidine rings is 2. The fraction of sp³-hybridized carbons (Fsp3) is 0.640. The molecule has 0 radical (unpaired) electrons. The summed E-state index contributed by atoms with van der Waals surface area (Å²) >= 11 is 0. The Morgan fingerprint density at radius 2 is 1.74 bits per heavy atom. The van der Waals surface area contributed by atoms with E-state index in [2.05, 4.69) is 0 Å². The molecule has 0 unspecified atom stereocenters. The zero-order valence-electron chi connectivity index (χ0n) is 20.6. The van der Waals surface area contributed by atoms with E-state index in [-0.39, 0.29) is 47.6 Å². The SMILES string of the molecule is CCOC(=O)[C@H]1CCCN(C(=O)C2CCN(S(=O)(=O)c3ccc4c(c3)CCCN4C(C)=O)CC2)C1. The van der Waals surface area contributed by atoms with Gasteiger partial charge in [-0.3, -0.25) is 14.4 Å². The second kappa shape index (κ2) is 10.7. The van der Waals surface area contributed by atoms with Gasteiger partial charge in [0, 0.05) is 51.3 Å². The van der Waals surface area contributed by atoms with Crippen molar-refractivity contribution in [2.24, 2.45) is 11.8 Å². The molecule has 3 aliphatic heterocycles. The number of rotatable bonds is 5. The van der Waals surface area contributed by atoms with Crippen LogP contribution >= 0.6 is 0 Å². The number of nitrogens with zero attached hydrogens (tertiary/aromatic N) is 3. The van der Waals surface area contributed by atoms with Gasteiger partial charge < -0.3 is 14.5 Å². The van der Waals surface area contributed by atoms with Gasteiger partial charge in [0.2, 0.25) is 21.8 Å². The van der Waals surface area contributed by atoms with E-state index in [0.717, 1.165) is 36.9 Å². The highest BCUT2D eigenvalue weighted by atomic mass is 32.2. The van der Waals surface area contributed by atoms with E-state index < -0.39 is 10.0 Å². The van der Waals surface area contributed by atoms with Gasteiger partial charge in [0.25, 0.3) is 0 Å². The minimum Gasteiger partial charge on any atom is -0.466 e. The third-order valence-corrected chi connectivity index (χ3v) is 9.24. The number of likely N-dealkylation sites (tertiary alicyclic amines) is 1. The van der Waals surface area contributed by atoms with E-state index in [9.17, 15) is 22.8 Å². The molecule has 1 atom stereocenters. The van der Waals surface area contributed by atoms with Gasteiger partial charge in [0.05, 0.1) is 17.4 Å². The maximum atomic E-state index is 13.3. The molecule has 0 N–H and O–H groups in total. The molecule has 2 amide bonds. The Bertz CT molecular complexity index is 1080. The number of ether oxygens (including phenoxy) is 1. The van der Waals surface area contributed by atoms with Crippen molar-refractivity contribution in [1.82, 2.24) is 9.21 Å². The van der Waals surface area contributed by atoms with Gasteiger partial charge >= 0.3 is 5.97 Å². The summed E-state index contributed by atoms with van der Waals surface area (Å²) in [6.45, 7) is 5.84. The molecule has 1 aromatic carbocycles. The molecule has 35 heavy (non-hydrogen) atoms. The maximum Gasteiger partial charge on any atom is 0.310 e. The minimum absolute atomic E-state index is 0.00847. The van der Waals surface area contributed by atoms with E-state index in [0.29, 0.717) is 39.1 Å². The molecule has 10 heteroatoms. The normalized spacial score (nSPS) is 21.9. The van der Waals surface area contributed by atoms with Crippen LogP contribution in [-0.2, 0) is 35.6 Å². The fourth-order valence-electron chi connectivity index (χ4n) is 5.44. The molecule has 3 aliphatic rings. The number of hydrogen-bond donors (Lipinski definition) is 0. The van der Waals surface area contributed by atoms with Gasteiger partial charge in [0.1, 0.15) is 0 Å². The molecule has 1 aromatic rings. The number of benzene rings is 1. The van der Waals surface area contributed by atoms with Crippen molar-refractivity contribution in [2.75, 3.05) is 44.2 Å². The van der Waals surface area contributed by atoms with E-state index in [1.54, 1.807) is 34.9 Å². The lowest BCUT2D eigenvalue weighted by atomic mass is 9.93. The lowest BCUT2D eigenvalue weighted by Crippen LogP contribution is -2.48. The fourth-order valence-corrected chi connectivity index (χ4v) is 6.96. The highest BCUT2D eigenvalue weighted by Crippen LogP contribution is 2.32. The van der Waals surface area contributed by atoms with Gasteiger partial charge in [0.15, 0.2) is 0 Å². The number of carbonyl (C=O) groups excluding carboxylic acids is 3. The van der Waals surface area contributed by atoms with Crippen LogP contribution in [0.4, 0.5) is 5.69 Å². The molecule has 0 spiro atoms. The molecule has 0 aromatic heterocycles. The summed E-state index contributed by atoms with van der Waals surface area (Å²) in [6, 6.07) is 5.01. The van der Waals surface area contributed by atoms with Crippen molar-refractivity contribution in [3.05, 3.63) is 23.8 Å². The second-order valence-corrected chi connectivity index (χ2v) is 11.6. The summed E-state index contributed by atoms with van der Waals surface area (Å²) in [4.78, 5) is 40.8. The van der Waals surface area contributed by atoms with Crippen molar-refractivity contribution in [3.8, 4) is 0 Å². The molecule has 3 heterocycles. The molecule has 0 bridgehead atoms. The first-order valence-electron chi connectivity index (χ1n) is 12.6. The average Bonchev–Trinajstić information content (AvgIpc) is 2.87. The number of sulfonamides is 1. The van der Waals surface area contributed by atoms with Crippen LogP contribution < -0.4 is 4.90 Å². The quantitative estimate of drug-likeness (QED) is 0.568. The van der Waals surface area contributed by atoms with Gasteiger partial charge in [-0.05, 0) is 69.2 Å². The monoisotopic (exact) mass is 505 g/mol. The Morgan fingerprint density at radius 3 is 2.43 bits per heavy atom.